The van der Waals surface area contributed by atoms with Gasteiger partial charge in [-0.05, 0) is 31.2 Å². The fraction of sp³-hybridized carbons (Fsp3) is 0.0769. The second-order valence-electron chi connectivity index (χ2n) is 4.43. The molecule has 5 N–H and O–H groups in total. The van der Waals surface area contributed by atoms with Crippen molar-refractivity contribution in [1.29, 1.82) is 0 Å². The first kappa shape index (κ1) is 14.9. The van der Waals surface area contributed by atoms with Gasteiger partial charge in [-0.2, -0.15) is 0 Å². The first-order valence-corrected chi connectivity index (χ1v) is 7.48. The van der Waals surface area contributed by atoms with E-state index < -0.39 is 15.9 Å². The standard InChI is InChI=1S/C13H14N4O3S/c1-8-12(5-9(14)7-16-8)13(18)17-10-3-2-4-11(6-10)21(15,19)20/h2-7H,14H2,1H3,(H,17,18)(H2,15,19,20). The van der Waals surface area contributed by atoms with Crippen LogP contribution in [0, 0.1) is 6.92 Å². The van der Waals surface area contributed by atoms with Crippen molar-refractivity contribution >= 4 is 27.3 Å². The van der Waals surface area contributed by atoms with E-state index in [2.05, 4.69) is 10.3 Å². The van der Waals surface area contributed by atoms with Gasteiger partial charge < -0.3 is 11.1 Å². The Bertz CT molecular complexity index is 803. The molecule has 1 heterocycles. The molecule has 110 valence electrons. The third-order valence-corrected chi connectivity index (χ3v) is 3.68. The number of primary sulfonamides is 1. The zero-order valence-corrected chi connectivity index (χ0v) is 12.0. The summed E-state index contributed by atoms with van der Waals surface area (Å²) < 4.78 is 22.6. The molecule has 1 aromatic carbocycles. The second kappa shape index (κ2) is 5.51. The molecule has 1 aromatic heterocycles. The van der Waals surface area contributed by atoms with Crippen LogP contribution in [0.1, 0.15) is 16.1 Å². The van der Waals surface area contributed by atoms with Crippen molar-refractivity contribution in [3.8, 4) is 0 Å². The van der Waals surface area contributed by atoms with Crippen molar-refractivity contribution in [1.82, 2.24) is 4.98 Å². The Labute approximate surface area is 122 Å². The monoisotopic (exact) mass is 306 g/mol. The highest BCUT2D eigenvalue weighted by atomic mass is 32.2. The molecular formula is C13H14N4O3S. The number of benzene rings is 1. The van der Waals surface area contributed by atoms with Crippen molar-refractivity contribution in [2.75, 3.05) is 11.1 Å². The number of carbonyl (C=O) groups excluding carboxylic acids is 1. The van der Waals surface area contributed by atoms with E-state index in [0.29, 0.717) is 22.6 Å². The van der Waals surface area contributed by atoms with Crippen LogP contribution in [-0.4, -0.2) is 19.3 Å². The number of rotatable bonds is 3. The second-order valence-corrected chi connectivity index (χ2v) is 5.99. The predicted octanol–water partition coefficient (Wildman–Crippen LogP) is 0.872. The highest BCUT2D eigenvalue weighted by Gasteiger charge is 2.13. The Balaban J connectivity index is 2.30. The number of amides is 1. The number of pyridine rings is 1. The molecule has 0 bridgehead atoms. The molecule has 0 aliphatic heterocycles. The SMILES string of the molecule is Cc1ncc(N)cc1C(=O)Nc1cccc(S(N)(=O)=O)c1. The average molecular weight is 306 g/mol. The molecule has 0 fully saturated rings. The van der Waals surface area contributed by atoms with E-state index in [1.54, 1.807) is 13.0 Å². The number of nitrogens with one attached hydrogen (secondary N) is 1. The summed E-state index contributed by atoms with van der Waals surface area (Å²) in [7, 11) is -3.82. The summed E-state index contributed by atoms with van der Waals surface area (Å²) >= 11 is 0. The van der Waals surface area contributed by atoms with Crippen LogP contribution in [0.15, 0.2) is 41.4 Å². The first-order valence-electron chi connectivity index (χ1n) is 5.94. The summed E-state index contributed by atoms with van der Waals surface area (Å²) in [5.41, 5.74) is 7.11. The van der Waals surface area contributed by atoms with E-state index in [1.165, 1.54) is 30.5 Å². The largest absolute Gasteiger partial charge is 0.397 e. The lowest BCUT2D eigenvalue weighted by Gasteiger charge is -2.08. The average Bonchev–Trinajstić information content (AvgIpc) is 2.41. The first-order chi connectivity index (χ1) is 9.77. The molecule has 0 saturated heterocycles. The maximum Gasteiger partial charge on any atom is 0.257 e. The number of anilines is 2. The van der Waals surface area contributed by atoms with Crippen LogP contribution in [-0.2, 0) is 10.0 Å². The number of carbonyl (C=O) groups is 1. The number of aryl methyl sites for hydroxylation is 1. The summed E-state index contributed by atoms with van der Waals surface area (Å²) in [6.45, 7) is 1.68. The number of hydrogen-bond donors (Lipinski definition) is 3. The van der Waals surface area contributed by atoms with Crippen molar-refractivity contribution in [2.24, 2.45) is 5.14 Å². The van der Waals surface area contributed by atoms with Crippen LogP contribution < -0.4 is 16.2 Å². The van der Waals surface area contributed by atoms with E-state index in [-0.39, 0.29) is 4.90 Å². The molecule has 0 spiro atoms. The lowest BCUT2D eigenvalue weighted by molar-refractivity contribution is 0.102. The summed E-state index contributed by atoms with van der Waals surface area (Å²) in [5, 5.41) is 7.63. The number of nitrogens with zero attached hydrogens (tertiary/aromatic N) is 1. The van der Waals surface area contributed by atoms with Gasteiger partial charge in [-0.25, -0.2) is 13.6 Å². The minimum absolute atomic E-state index is 0.0808. The predicted molar refractivity (Wildman–Crippen MR) is 79.2 cm³/mol. The van der Waals surface area contributed by atoms with Gasteiger partial charge in [0.15, 0.2) is 0 Å². The van der Waals surface area contributed by atoms with Crippen LogP contribution in [0.25, 0.3) is 0 Å². The van der Waals surface area contributed by atoms with Gasteiger partial charge in [0, 0.05) is 5.69 Å². The third-order valence-electron chi connectivity index (χ3n) is 2.77. The molecule has 0 aliphatic carbocycles. The van der Waals surface area contributed by atoms with E-state index in [4.69, 9.17) is 10.9 Å². The maximum absolute atomic E-state index is 12.2. The van der Waals surface area contributed by atoms with Crippen molar-refractivity contribution in [3.63, 3.8) is 0 Å². The van der Waals surface area contributed by atoms with Crippen LogP contribution in [0.5, 0.6) is 0 Å². The summed E-state index contributed by atoms with van der Waals surface area (Å²) in [5.74, 6) is -0.432. The van der Waals surface area contributed by atoms with Crippen molar-refractivity contribution < 1.29 is 13.2 Å². The topological polar surface area (TPSA) is 128 Å². The number of sulfonamides is 1. The Morgan fingerprint density at radius 1 is 1.29 bits per heavy atom. The molecule has 2 rings (SSSR count). The quantitative estimate of drug-likeness (QED) is 0.775. The van der Waals surface area contributed by atoms with Crippen LogP contribution >= 0.6 is 0 Å². The maximum atomic E-state index is 12.2. The normalized spacial score (nSPS) is 11.1. The fourth-order valence-electron chi connectivity index (χ4n) is 1.73. The van der Waals surface area contributed by atoms with E-state index in [9.17, 15) is 13.2 Å². The lowest BCUT2D eigenvalue weighted by Crippen LogP contribution is -2.16. The summed E-state index contributed by atoms with van der Waals surface area (Å²) in [4.78, 5) is 16.1. The minimum Gasteiger partial charge on any atom is -0.397 e. The molecule has 8 heteroatoms. The highest BCUT2D eigenvalue weighted by Crippen LogP contribution is 2.16. The smallest absolute Gasteiger partial charge is 0.257 e. The molecule has 0 atom stereocenters. The van der Waals surface area contributed by atoms with Gasteiger partial charge in [0.2, 0.25) is 10.0 Å². The molecule has 1 amide bonds. The Kier molecular flexibility index (Phi) is 3.92. The van der Waals surface area contributed by atoms with Gasteiger partial charge in [0.25, 0.3) is 5.91 Å². The van der Waals surface area contributed by atoms with Gasteiger partial charge in [-0.15, -0.1) is 0 Å². The molecule has 2 aromatic rings. The van der Waals surface area contributed by atoms with Gasteiger partial charge >= 0.3 is 0 Å². The minimum atomic E-state index is -3.82. The third kappa shape index (κ3) is 3.56. The Morgan fingerprint density at radius 2 is 2.00 bits per heavy atom. The molecule has 0 aliphatic rings. The van der Waals surface area contributed by atoms with E-state index in [1.807, 2.05) is 0 Å². The zero-order chi connectivity index (χ0) is 15.6. The lowest BCUT2D eigenvalue weighted by atomic mass is 10.1. The fourth-order valence-corrected chi connectivity index (χ4v) is 2.29. The van der Waals surface area contributed by atoms with Gasteiger partial charge in [0.05, 0.1) is 28.0 Å². The van der Waals surface area contributed by atoms with E-state index in [0.717, 1.165) is 0 Å². The number of hydrogen-bond acceptors (Lipinski definition) is 5. The summed E-state index contributed by atoms with van der Waals surface area (Å²) in [6.07, 6.45) is 1.45. The van der Waals surface area contributed by atoms with Crippen LogP contribution in [0.3, 0.4) is 0 Å². The number of nitrogens with two attached hydrogens (primary N) is 2. The molecular weight excluding hydrogens is 292 g/mol. The molecule has 7 nitrogen and oxygen atoms in total. The number of aromatic nitrogens is 1. The van der Waals surface area contributed by atoms with Crippen LogP contribution in [0.2, 0.25) is 0 Å². The number of nitrogen functional groups attached to an aromatic ring is 1. The van der Waals surface area contributed by atoms with Gasteiger partial charge in [-0.3, -0.25) is 9.78 Å². The van der Waals surface area contributed by atoms with Crippen LogP contribution in [0.4, 0.5) is 11.4 Å². The highest BCUT2D eigenvalue weighted by molar-refractivity contribution is 7.89. The zero-order valence-electron chi connectivity index (χ0n) is 11.2. The van der Waals surface area contributed by atoms with Crippen molar-refractivity contribution in [3.05, 3.63) is 47.8 Å². The molecule has 0 radical (unpaired) electrons. The van der Waals surface area contributed by atoms with E-state index >= 15 is 0 Å². The van der Waals surface area contributed by atoms with Crippen molar-refractivity contribution in [2.45, 2.75) is 11.8 Å². The summed E-state index contributed by atoms with van der Waals surface area (Å²) in [6, 6.07) is 7.17. The Hall–Kier alpha value is -2.45. The molecule has 0 unspecified atom stereocenters. The Morgan fingerprint density at radius 3 is 2.67 bits per heavy atom. The van der Waals surface area contributed by atoms with Gasteiger partial charge in [0.1, 0.15) is 0 Å². The van der Waals surface area contributed by atoms with Gasteiger partial charge in [-0.1, -0.05) is 6.07 Å². The molecule has 21 heavy (non-hydrogen) atoms. The molecule has 0 saturated carbocycles.